The summed E-state index contributed by atoms with van der Waals surface area (Å²) < 4.78 is 0. The Balaban J connectivity index is 3.54. The molecule has 2 unspecified atom stereocenters. The van der Waals surface area contributed by atoms with E-state index in [1.165, 1.54) is 12.1 Å². The van der Waals surface area contributed by atoms with E-state index in [1.807, 2.05) is 0 Å². The van der Waals surface area contributed by atoms with Crippen molar-refractivity contribution in [2.24, 2.45) is 10.2 Å². The SMILES string of the molecule is CC(N=[N+]=[N-])c1cccc([N+](=O)[O-])c1C(C)N=[N+]=[N-]. The van der Waals surface area contributed by atoms with E-state index in [4.69, 9.17) is 11.1 Å². The summed E-state index contributed by atoms with van der Waals surface area (Å²) >= 11 is 0. The number of nitro groups is 1. The molecule has 0 spiro atoms. The molecule has 0 radical (unpaired) electrons. The maximum absolute atomic E-state index is 11.0. The second-order valence-corrected chi connectivity index (χ2v) is 3.80. The van der Waals surface area contributed by atoms with Gasteiger partial charge in [0.2, 0.25) is 0 Å². The van der Waals surface area contributed by atoms with Gasteiger partial charge in [-0.1, -0.05) is 36.2 Å². The van der Waals surface area contributed by atoms with Gasteiger partial charge in [0.15, 0.2) is 0 Å². The highest BCUT2D eigenvalue weighted by molar-refractivity contribution is 5.48. The Bertz CT molecular complexity index is 588. The summed E-state index contributed by atoms with van der Waals surface area (Å²) in [4.78, 5) is 15.8. The molecule has 2 atom stereocenters. The molecular formula is C10H11N7O2. The molecule has 98 valence electrons. The summed E-state index contributed by atoms with van der Waals surface area (Å²) in [5, 5.41) is 18.0. The Morgan fingerprint density at radius 2 is 1.79 bits per heavy atom. The standard InChI is InChI=1S/C10H11N7O2/c1-6(13-15-11)8-4-3-5-9(17(18)19)10(8)7(2)14-16-12/h3-7H,1-2H3. The topological polar surface area (TPSA) is 141 Å². The first-order chi connectivity index (χ1) is 9.02. The van der Waals surface area contributed by atoms with Gasteiger partial charge in [-0.25, -0.2) is 0 Å². The van der Waals surface area contributed by atoms with E-state index in [1.54, 1.807) is 19.9 Å². The van der Waals surface area contributed by atoms with Crippen LogP contribution in [0, 0.1) is 10.1 Å². The molecule has 0 bridgehead atoms. The van der Waals surface area contributed by atoms with Gasteiger partial charge >= 0.3 is 0 Å². The molecule has 1 aromatic rings. The highest BCUT2D eigenvalue weighted by Gasteiger charge is 2.23. The molecule has 0 heterocycles. The monoisotopic (exact) mass is 261 g/mol. The van der Waals surface area contributed by atoms with Crippen LogP contribution in [0.4, 0.5) is 5.69 Å². The number of hydrogen-bond donors (Lipinski definition) is 0. The van der Waals surface area contributed by atoms with Crippen molar-refractivity contribution in [3.63, 3.8) is 0 Å². The van der Waals surface area contributed by atoms with Gasteiger partial charge < -0.3 is 0 Å². The minimum absolute atomic E-state index is 0.155. The minimum Gasteiger partial charge on any atom is -0.258 e. The van der Waals surface area contributed by atoms with Crippen LogP contribution in [0.2, 0.25) is 0 Å². The van der Waals surface area contributed by atoms with Crippen molar-refractivity contribution in [2.45, 2.75) is 25.9 Å². The average molecular weight is 261 g/mol. The van der Waals surface area contributed by atoms with Crippen LogP contribution in [-0.2, 0) is 0 Å². The van der Waals surface area contributed by atoms with Gasteiger partial charge in [-0.05, 0) is 16.6 Å². The minimum atomic E-state index is -0.724. The summed E-state index contributed by atoms with van der Waals surface area (Å²) in [5.74, 6) is 0. The highest BCUT2D eigenvalue weighted by atomic mass is 16.6. The van der Waals surface area contributed by atoms with Crippen LogP contribution in [0.25, 0.3) is 20.9 Å². The summed E-state index contributed by atoms with van der Waals surface area (Å²) in [5.41, 5.74) is 17.5. The smallest absolute Gasteiger partial charge is 0.258 e. The van der Waals surface area contributed by atoms with E-state index < -0.39 is 17.0 Å². The first-order valence-corrected chi connectivity index (χ1v) is 5.38. The van der Waals surface area contributed by atoms with E-state index in [9.17, 15) is 10.1 Å². The van der Waals surface area contributed by atoms with E-state index in [2.05, 4.69) is 20.1 Å². The third-order valence-corrected chi connectivity index (χ3v) is 2.63. The zero-order valence-electron chi connectivity index (χ0n) is 10.3. The molecule has 0 saturated heterocycles. The lowest BCUT2D eigenvalue weighted by Crippen LogP contribution is -2.04. The van der Waals surface area contributed by atoms with Gasteiger partial charge in [0.05, 0.1) is 17.0 Å². The predicted molar refractivity (Wildman–Crippen MR) is 68.2 cm³/mol. The van der Waals surface area contributed by atoms with Gasteiger partial charge in [0, 0.05) is 21.5 Å². The molecule has 9 nitrogen and oxygen atoms in total. The van der Waals surface area contributed by atoms with Crippen molar-refractivity contribution in [1.82, 2.24) is 0 Å². The lowest BCUT2D eigenvalue weighted by atomic mass is 9.95. The Kier molecular flexibility index (Phi) is 4.70. The van der Waals surface area contributed by atoms with Crippen LogP contribution in [-0.4, -0.2) is 4.92 Å². The molecule has 0 fully saturated rings. The van der Waals surface area contributed by atoms with Crippen molar-refractivity contribution in [3.8, 4) is 0 Å². The largest absolute Gasteiger partial charge is 0.273 e. The summed E-state index contributed by atoms with van der Waals surface area (Å²) in [6, 6.07) is 3.13. The molecule has 0 N–H and O–H groups in total. The normalized spacial score (nSPS) is 12.7. The van der Waals surface area contributed by atoms with E-state index in [0.717, 1.165) is 0 Å². The maximum Gasteiger partial charge on any atom is 0.273 e. The van der Waals surface area contributed by atoms with Crippen LogP contribution < -0.4 is 0 Å². The van der Waals surface area contributed by atoms with Crippen molar-refractivity contribution in [1.29, 1.82) is 0 Å². The molecule has 0 amide bonds. The van der Waals surface area contributed by atoms with Crippen LogP contribution >= 0.6 is 0 Å². The van der Waals surface area contributed by atoms with Crippen molar-refractivity contribution in [3.05, 3.63) is 60.3 Å². The second-order valence-electron chi connectivity index (χ2n) is 3.80. The third-order valence-electron chi connectivity index (χ3n) is 2.63. The number of rotatable bonds is 5. The van der Waals surface area contributed by atoms with Gasteiger partial charge in [0.25, 0.3) is 5.69 Å². The zero-order valence-corrected chi connectivity index (χ0v) is 10.3. The van der Waals surface area contributed by atoms with Crippen LogP contribution in [0.3, 0.4) is 0 Å². The maximum atomic E-state index is 11.0. The van der Waals surface area contributed by atoms with Gasteiger partial charge in [-0.2, -0.15) is 0 Å². The van der Waals surface area contributed by atoms with Gasteiger partial charge in [-0.3, -0.25) is 10.1 Å². The predicted octanol–water partition coefficient (Wildman–Crippen LogP) is 4.34. The van der Waals surface area contributed by atoms with E-state index in [0.29, 0.717) is 5.56 Å². The molecule has 1 aromatic carbocycles. The lowest BCUT2D eigenvalue weighted by Gasteiger charge is -2.14. The quantitative estimate of drug-likeness (QED) is 0.255. The fourth-order valence-electron chi connectivity index (χ4n) is 1.82. The molecule has 0 aliphatic rings. The third kappa shape index (κ3) is 3.12. The number of nitrogens with zero attached hydrogens (tertiary/aromatic N) is 7. The molecule has 0 aliphatic heterocycles. The fraction of sp³-hybridized carbons (Fsp3) is 0.400. The summed E-state index contributed by atoms with van der Waals surface area (Å²) in [6.45, 7) is 3.17. The molecule has 9 heteroatoms. The summed E-state index contributed by atoms with van der Waals surface area (Å²) in [7, 11) is 0. The molecule has 0 aromatic heterocycles. The van der Waals surface area contributed by atoms with E-state index >= 15 is 0 Å². The molecule has 0 saturated carbocycles. The molecule has 1 rings (SSSR count). The Morgan fingerprint density at radius 3 is 2.32 bits per heavy atom. The van der Waals surface area contributed by atoms with Crippen LogP contribution in [0.15, 0.2) is 28.4 Å². The first kappa shape index (κ1) is 14.3. The van der Waals surface area contributed by atoms with Gasteiger partial charge in [-0.15, -0.1) is 0 Å². The van der Waals surface area contributed by atoms with Crippen LogP contribution in [0.5, 0.6) is 0 Å². The second kappa shape index (κ2) is 6.25. The van der Waals surface area contributed by atoms with Crippen LogP contribution in [0.1, 0.15) is 37.1 Å². The number of azide groups is 2. The number of hydrogen-bond acceptors (Lipinski definition) is 4. The Morgan fingerprint density at radius 1 is 1.21 bits per heavy atom. The number of benzene rings is 1. The first-order valence-electron chi connectivity index (χ1n) is 5.38. The number of nitro benzene ring substituents is 1. The van der Waals surface area contributed by atoms with Crippen molar-refractivity contribution < 1.29 is 4.92 Å². The zero-order chi connectivity index (χ0) is 14.4. The lowest BCUT2D eigenvalue weighted by molar-refractivity contribution is -0.385. The molecule has 19 heavy (non-hydrogen) atoms. The van der Waals surface area contributed by atoms with E-state index in [-0.39, 0.29) is 11.3 Å². The van der Waals surface area contributed by atoms with Crippen molar-refractivity contribution in [2.75, 3.05) is 0 Å². The molecular weight excluding hydrogens is 250 g/mol. The molecule has 0 aliphatic carbocycles. The Hall–Kier alpha value is -2.76. The highest BCUT2D eigenvalue weighted by Crippen LogP contribution is 2.35. The Labute approximate surface area is 108 Å². The summed E-state index contributed by atoms with van der Waals surface area (Å²) in [6.07, 6.45) is 0. The average Bonchev–Trinajstić information content (AvgIpc) is 2.38. The van der Waals surface area contributed by atoms with Crippen molar-refractivity contribution >= 4 is 5.69 Å². The fourth-order valence-corrected chi connectivity index (χ4v) is 1.82. The van der Waals surface area contributed by atoms with Gasteiger partial charge in [0.1, 0.15) is 0 Å².